The lowest BCUT2D eigenvalue weighted by molar-refractivity contribution is -0.123. The van der Waals surface area contributed by atoms with E-state index in [4.69, 9.17) is 18.6 Å². The predicted molar refractivity (Wildman–Crippen MR) is 105 cm³/mol. The Morgan fingerprint density at radius 3 is 2.33 bits per heavy atom. The van der Waals surface area contributed by atoms with Crippen LogP contribution in [0.25, 0.3) is 0 Å². The first-order chi connectivity index (χ1) is 14.5. The van der Waals surface area contributed by atoms with Crippen LogP contribution in [0.5, 0.6) is 11.5 Å². The van der Waals surface area contributed by atoms with E-state index in [-0.39, 0.29) is 17.9 Å². The third-order valence-electron chi connectivity index (χ3n) is 3.93. The molecule has 0 atom stereocenters. The SMILES string of the molecule is COc1ccc(C(=O)NC(=O)COC(=O)c2ccc(COc3ccccc3)o2)cc1. The molecule has 3 rings (SSSR count). The highest BCUT2D eigenvalue weighted by atomic mass is 16.6. The van der Waals surface area contributed by atoms with E-state index in [9.17, 15) is 14.4 Å². The normalized spacial score (nSPS) is 10.2. The van der Waals surface area contributed by atoms with Gasteiger partial charge in [-0.3, -0.25) is 14.9 Å². The Labute approximate surface area is 172 Å². The lowest BCUT2D eigenvalue weighted by Crippen LogP contribution is -2.34. The summed E-state index contributed by atoms with van der Waals surface area (Å²) in [5.41, 5.74) is 0.268. The fraction of sp³-hybridized carbons (Fsp3) is 0.136. The van der Waals surface area contributed by atoms with E-state index in [1.54, 1.807) is 30.3 Å². The molecule has 3 aromatic rings. The number of carbonyl (C=O) groups is 3. The summed E-state index contributed by atoms with van der Waals surface area (Å²) in [6.07, 6.45) is 0. The fourth-order valence-electron chi connectivity index (χ4n) is 2.42. The number of benzene rings is 2. The molecule has 0 aliphatic carbocycles. The second-order valence-electron chi connectivity index (χ2n) is 6.05. The second-order valence-corrected chi connectivity index (χ2v) is 6.05. The van der Waals surface area contributed by atoms with Gasteiger partial charge in [0.1, 0.15) is 23.9 Å². The molecule has 8 heteroatoms. The molecule has 1 N–H and O–H groups in total. The maximum atomic E-state index is 12.0. The van der Waals surface area contributed by atoms with Crippen LogP contribution < -0.4 is 14.8 Å². The summed E-state index contributed by atoms with van der Waals surface area (Å²) in [6, 6.07) is 18.3. The molecule has 1 aromatic heterocycles. The zero-order valence-corrected chi connectivity index (χ0v) is 16.1. The molecule has 0 spiro atoms. The summed E-state index contributed by atoms with van der Waals surface area (Å²) in [5.74, 6) is -0.607. The average Bonchev–Trinajstić information content (AvgIpc) is 3.26. The third-order valence-corrected chi connectivity index (χ3v) is 3.93. The van der Waals surface area contributed by atoms with Gasteiger partial charge in [0.15, 0.2) is 6.61 Å². The Balaban J connectivity index is 1.45. The molecule has 0 fully saturated rings. The number of hydrogen-bond donors (Lipinski definition) is 1. The minimum Gasteiger partial charge on any atom is -0.497 e. The Bertz CT molecular complexity index is 1010. The maximum Gasteiger partial charge on any atom is 0.374 e. The monoisotopic (exact) mass is 409 g/mol. The van der Waals surface area contributed by atoms with Crippen molar-refractivity contribution in [1.29, 1.82) is 0 Å². The highest BCUT2D eigenvalue weighted by molar-refractivity contribution is 6.05. The molecular weight excluding hydrogens is 390 g/mol. The zero-order chi connectivity index (χ0) is 21.3. The van der Waals surface area contributed by atoms with E-state index in [1.165, 1.54) is 25.3 Å². The smallest absolute Gasteiger partial charge is 0.374 e. The predicted octanol–water partition coefficient (Wildman–Crippen LogP) is 2.98. The lowest BCUT2D eigenvalue weighted by Gasteiger charge is -2.06. The van der Waals surface area contributed by atoms with Crippen LogP contribution in [0.1, 0.15) is 26.7 Å². The van der Waals surface area contributed by atoms with Crippen molar-refractivity contribution >= 4 is 17.8 Å². The van der Waals surface area contributed by atoms with Gasteiger partial charge in [0.05, 0.1) is 7.11 Å². The molecule has 0 unspecified atom stereocenters. The number of ether oxygens (including phenoxy) is 3. The van der Waals surface area contributed by atoms with Crippen molar-refractivity contribution in [3.8, 4) is 11.5 Å². The number of carbonyl (C=O) groups excluding carboxylic acids is 3. The minimum atomic E-state index is -0.826. The van der Waals surface area contributed by atoms with Gasteiger partial charge in [-0.15, -0.1) is 0 Å². The van der Waals surface area contributed by atoms with Crippen LogP contribution in [0.3, 0.4) is 0 Å². The van der Waals surface area contributed by atoms with Crippen molar-refractivity contribution in [2.24, 2.45) is 0 Å². The van der Waals surface area contributed by atoms with Crippen molar-refractivity contribution in [2.75, 3.05) is 13.7 Å². The van der Waals surface area contributed by atoms with E-state index in [0.29, 0.717) is 17.3 Å². The number of furan rings is 1. The largest absolute Gasteiger partial charge is 0.497 e. The second kappa shape index (κ2) is 9.92. The van der Waals surface area contributed by atoms with Gasteiger partial charge in [-0.25, -0.2) is 4.79 Å². The minimum absolute atomic E-state index is 0.0732. The molecule has 2 aromatic carbocycles. The Morgan fingerprint density at radius 2 is 1.63 bits per heavy atom. The van der Waals surface area contributed by atoms with Gasteiger partial charge in [-0.2, -0.15) is 0 Å². The molecule has 0 aliphatic heterocycles. The van der Waals surface area contributed by atoms with Gasteiger partial charge in [0.2, 0.25) is 5.76 Å². The highest BCUT2D eigenvalue weighted by Crippen LogP contribution is 2.15. The Morgan fingerprint density at radius 1 is 0.900 bits per heavy atom. The number of nitrogens with one attached hydrogen (secondary N) is 1. The van der Waals surface area contributed by atoms with Gasteiger partial charge < -0.3 is 18.6 Å². The number of hydrogen-bond acceptors (Lipinski definition) is 7. The average molecular weight is 409 g/mol. The number of amides is 2. The molecule has 0 aliphatic rings. The number of para-hydroxylation sites is 1. The maximum absolute atomic E-state index is 12.0. The molecule has 30 heavy (non-hydrogen) atoms. The van der Waals surface area contributed by atoms with E-state index in [1.807, 2.05) is 18.2 Å². The van der Waals surface area contributed by atoms with Gasteiger partial charge in [0.25, 0.3) is 11.8 Å². The number of rotatable bonds is 8. The van der Waals surface area contributed by atoms with Crippen LogP contribution in [-0.4, -0.2) is 31.5 Å². The van der Waals surface area contributed by atoms with Crippen molar-refractivity contribution < 1.29 is 33.0 Å². The molecule has 154 valence electrons. The molecule has 0 radical (unpaired) electrons. The molecule has 1 heterocycles. The number of methoxy groups -OCH3 is 1. The molecule has 0 saturated carbocycles. The van der Waals surface area contributed by atoms with Gasteiger partial charge >= 0.3 is 5.97 Å². The summed E-state index contributed by atoms with van der Waals surface area (Å²) >= 11 is 0. The van der Waals surface area contributed by atoms with E-state index in [2.05, 4.69) is 5.32 Å². The summed E-state index contributed by atoms with van der Waals surface area (Å²) in [6.45, 7) is -0.495. The van der Waals surface area contributed by atoms with E-state index < -0.39 is 24.4 Å². The first-order valence-corrected chi connectivity index (χ1v) is 8.97. The van der Waals surface area contributed by atoms with E-state index >= 15 is 0 Å². The van der Waals surface area contributed by atoms with E-state index in [0.717, 1.165) is 0 Å². The van der Waals surface area contributed by atoms with Gasteiger partial charge in [-0.05, 0) is 48.5 Å². The van der Waals surface area contributed by atoms with Crippen LogP contribution in [0.2, 0.25) is 0 Å². The van der Waals surface area contributed by atoms with Gasteiger partial charge in [-0.1, -0.05) is 18.2 Å². The Hall–Kier alpha value is -4.07. The van der Waals surface area contributed by atoms with Crippen molar-refractivity contribution in [3.05, 3.63) is 83.8 Å². The van der Waals surface area contributed by atoms with Crippen LogP contribution in [0.15, 0.2) is 71.1 Å². The molecule has 2 amide bonds. The van der Waals surface area contributed by atoms with Crippen LogP contribution >= 0.6 is 0 Å². The first-order valence-electron chi connectivity index (χ1n) is 8.97. The number of imide groups is 1. The summed E-state index contributed by atoms with van der Waals surface area (Å²) in [7, 11) is 1.51. The zero-order valence-electron chi connectivity index (χ0n) is 16.1. The quantitative estimate of drug-likeness (QED) is 0.570. The topological polar surface area (TPSA) is 104 Å². The van der Waals surface area contributed by atoms with Crippen LogP contribution in [-0.2, 0) is 16.1 Å². The van der Waals surface area contributed by atoms with Crippen molar-refractivity contribution in [1.82, 2.24) is 5.32 Å². The van der Waals surface area contributed by atoms with Crippen LogP contribution in [0, 0.1) is 0 Å². The van der Waals surface area contributed by atoms with Crippen molar-refractivity contribution in [3.63, 3.8) is 0 Å². The fourth-order valence-corrected chi connectivity index (χ4v) is 2.42. The number of esters is 1. The molecule has 0 bridgehead atoms. The molecular formula is C22H19NO7. The highest BCUT2D eigenvalue weighted by Gasteiger charge is 2.17. The standard InChI is InChI=1S/C22H19NO7/c1-27-16-9-7-15(8-10-16)21(25)23-20(24)14-29-22(26)19-12-11-18(30-19)13-28-17-5-3-2-4-6-17/h2-12H,13-14H2,1H3,(H,23,24,25). The summed E-state index contributed by atoms with van der Waals surface area (Å²) in [5, 5.41) is 2.14. The first kappa shape index (κ1) is 20.7. The summed E-state index contributed by atoms with van der Waals surface area (Å²) < 4.78 is 20.8. The molecule has 8 nitrogen and oxygen atoms in total. The van der Waals surface area contributed by atoms with Crippen molar-refractivity contribution in [2.45, 2.75) is 6.61 Å². The Kier molecular flexibility index (Phi) is 6.83. The lowest BCUT2D eigenvalue weighted by atomic mass is 10.2. The third kappa shape index (κ3) is 5.71. The van der Waals surface area contributed by atoms with Gasteiger partial charge in [0, 0.05) is 5.56 Å². The van der Waals surface area contributed by atoms with Crippen LogP contribution in [0.4, 0.5) is 0 Å². The molecule has 0 saturated heterocycles. The summed E-state index contributed by atoms with van der Waals surface area (Å²) in [4.78, 5) is 35.9.